The van der Waals surface area contributed by atoms with E-state index in [0.717, 1.165) is 6.54 Å². The van der Waals surface area contributed by atoms with E-state index >= 15 is 0 Å². The molecule has 0 aromatic heterocycles. The third kappa shape index (κ3) is 2.90. The van der Waals surface area contributed by atoms with Gasteiger partial charge in [-0.2, -0.15) is 0 Å². The Morgan fingerprint density at radius 1 is 1.40 bits per heavy atom. The highest BCUT2D eigenvalue weighted by atomic mass is 14.9. The molecule has 0 aliphatic rings. The fourth-order valence-electron chi connectivity index (χ4n) is 0.991. The molecule has 0 atom stereocenters. The Balaban J connectivity index is 4.10. The van der Waals surface area contributed by atoms with Crippen molar-refractivity contribution in [1.29, 1.82) is 0 Å². The van der Waals surface area contributed by atoms with Crippen LogP contribution in [0.5, 0.6) is 0 Å². The number of nitrogens with one attached hydrogen (secondary N) is 1. The molecule has 0 aromatic carbocycles. The molecule has 0 spiro atoms. The number of rotatable bonds is 2. The highest BCUT2D eigenvalue weighted by Crippen LogP contribution is 2.21. The Morgan fingerprint density at radius 2 is 1.90 bits per heavy atom. The summed E-state index contributed by atoms with van der Waals surface area (Å²) in [5.74, 6) is 0. The molecule has 0 saturated heterocycles. The molecule has 0 aliphatic heterocycles. The first-order valence-electron chi connectivity index (χ1n) is 3.93. The van der Waals surface area contributed by atoms with Crippen molar-refractivity contribution in [2.24, 2.45) is 5.41 Å². The first-order chi connectivity index (χ1) is 4.52. The van der Waals surface area contributed by atoms with Gasteiger partial charge in [-0.05, 0) is 13.8 Å². The number of hydrogen-bond acceptors (Lipinski definition) is 1. The molecule has 0 fully saturated rings. The van der Waals surface area contributed by atoms with Gasteiger partial charge in [0.2, 0.25) is 0 Å². The van der Waals surface area contributed by atoms with E-state index in [-0.39, 0.29) is 5.41 Å². The molecule has 10 heavy (non-hydrogen) atoms. The van der Waals surface area contributed by atoms with E-state index in [4.69, 9.17) is 0 Å². The van der Waals surface area contributed by atoms with Crippen molar-refractivity contribution < 1.29 is 0 Å². The quantitative estimate of drug-likeness (QED) is 0.623. The van der Waals surface area contributed by atoms with Crippen LogP contribution < -0.4 is 5.32 Å². The van der Waals surface area contributed by atoms with Crippen molar-refractivity contribution in [2.45, 2.75) is 34.6 Å². The second kappa shape index (κ2) is 3.65. The zero-order chi connectivity index (χ0) is 8.20. The largest absolute Gasteiger partial charge is 0.388 e. The lowest BCUT2D eigenvalue weighted by Crippen LogP contribution is -2.23. The Kier molecular flexibility index (Phi) is 3.48. The second-order valence-electron chi connectivity index (χ2n) is 3.48. The van der Waals surface area contributed by atoms with Crippen LogP contribution in [0.4, 0.5) is 0 Å². The van der Waals surface area contributed by atoms with E-state index in [9.17, 15) is 0 Å². The van der Waals surface area contributed by atoms with Gasteiger partial charge in [-0.1, -0.05) is 26.8 Å². The third-order valence-corrected chi connectivity index (χ3v) is 1.46. The van der Waals surface area contributed by atoms with Crippen molar-refractivity contribution in [2.75, 3.05) is 6.54 Å². The summed E-state index contributed by atoms with van der Waals surface area (Å²) in [6.45, 7) is 11.8. The van der Waals surface area contributed by atoms with Crippen LogP contribution in [-0.2, 0) is 0 Å². The molecule has 60 valence electrons. The summed E-state index contributed by atoms with van der Waals surface area (Å²) >= 11 is 0. The van der Waals surface area contributed by atoms with Crippen molar-refractivity contribution in [3.05, 3.63) is 11.8 Å². The van der Waals surface area contributed by atoms with E-state index in [1.165, 1.54) is 5.70 Å². The maximum absolute atomic E-state index is 3.33. The van der Waals surface area contributed by atoms with E-state index in [0.29, 0.717) is 0 Å². The Hall–Kier alpha value is -0.460. The van der Waals surface area contributed by atoms with Crippen molar-refractivity contribution in [3.63, 3.8) is 0 Å². The van der Waals surface area contributed by atoms with Crippen molar-refractivity contribution in [3.8, 4) is 0 Å². The van der Waals surface area contributed by atoms with Gasteiger partial charge in [0.05, 0.1) is 0 Å². The minimum Gasteiger partial charge on any atom is -0.388 e. The Morgan fingerprint density at radius 3 is 2.00 bits per heavy atom. The summed E-state index contributed by atoms with van der Waals surface area (Å²) in [5.41, 5.74) is 1.60. The fourth-order valence-corrected chi connectivity index (χ4v) is 0.991. The smallest absolute Gasteiger partial charge is 0.0118 e. The molecule has 0 radical (unpaired) electrons. The number of allylic oxidation sites excluding steroid dienone is 2. The van der Waals surface area contributed by atoms with Gasteiger partial charge in [-0.15, -0.1) is 0 Å². The summed E-state index contributed by atoms with van der Waals surface area (Å²) in [6, 6.07) is 0. The predicted molar refractivity (Wildman–Crippen MR) is 46.9 cm³/mol. The monoisotopic (exact) mass is 141 g/mol. The minimum absolute atomic E-state index is 0.269. The van der Waals surface area contributed by atoms with E-state index in [1.54, 1.807) is 0 Å². The number of hydrogen-bond donors (Lipinski definition) is 1. The predicted octanol–water partition coefficient (Wildman–Crippen LogP) is 2.55. The van der Waals surface area contributed by atoms with Crippen LogP contribution in [-0.4, -0.2) is 6.54 Å². The maximum Gasteiger partial charge on any atom is 0.0118 e. The Labute approximate surface area is 64.5 Å². The molecule has 0 bridgehead atoms. The van der Waals surface area contributed by atoms with Crippen LogP contribution in [0.2, 0.25) is 0 Å². The zero-order valence-corrected chi connectivity index (χ0v) is 7.78. The maximum atomic E-state index is 3.33. The standard InChI is InChI=1S/C9H19N/c1-6-8(10-7-2)9(3,4)5/h6,10H,7H2,1-5H3/b8-6-. The van der Waals surface area contributed by atoms with E-state index < -0.39 is 0 Å². The van der Waals surface area contributed by atoms with Gasteiger partial charge in [-0.3, -0.25) is 0 Å². The van der Waals surface area contributed by atoms with Crippen LogP contribution >= 0.6 is 0 Å². The van der Waals surface area contributed by atoms with Gasteiger partial charge in [0.15, 0.2) is 0 Å². The second-order valence-corrected chi connectivity index (χ2v) is 3.48. The fraction of sp³-hybridized carbons (Fsp3) is 0.778. The first-order valence-corrected chi connectivity index (χ1v) is 3.93. The molecule has 1 N–H and O–H groups in total. The normalized spacial score (nSPS) is 13.5. The highest BCUT2D eigenvalue weighted by Gasteiger charge is 2.14. The zero-order valence-electron chi connectivity index (χ0n) is 7.78. The van der Waals surface area contributed by atoms with Crippen molar-refractivity contribution in [1.82, 2.24) is 5.32 Å². The summed E-state index contributed by atoms with van der Waals surface area (Å²) in [4.78, 5) is 0. The highest BCUT2D eigenvalue weighted by molar-refractivity contribution is 5.06. The van der Waals surface area contributed by atoms with Gasteiger partial charge in [-0.25, -0.2) is 0 Å². The topological polar surface area (TPSA) is 12.0 Å². The third-order valence-electron chi connectivity index (χ3n) is 1.46. The van der Waals surface area contributed by atoms with Crippen LogP contribution in [0.25, 0.3) is 0 Å². The molecule has 0 aromatic rings. The lowest BCUT2D eigenvalue weighted by Gasteiger charge is -2.23. The van der Waals surface area contributed by atoms with Gasteiger partial charge < -0.3 is 5.32 Å². The average molecular weight is 141 g/mol. The van der Waals surface area contributed by atoms with Crippen LogP contribution in [0.3, 0.4) is 0 Å². The lowest BCUT2D eigenvalue weighted by atomic mass is 9.92. The average Bonchev–Trinajstić information content (AvgIpc) is 1.80. The molecule has 1 nitrogen and oxygen atoms in total. The minimum atomic E-state index is 0.269. The van der Waals surface area contributed by atoms with Gasteiger partial charge in [0.25, 0.3) is 0 Å². The van der Waals surface area contributed by atoms with E-state index in [1.807, 2.05) is 0 Å². The van der Waals surface area contributed by atoms with Crippen molar-refractivity contribution >= 4 is 0 Å². The molecule has 0 aliphatic carbocycles. The summed E-state index contributed by atoms with van der Waals surface area (Å²) in [6.07, 6.45) is 2.14. The SMILES string of the molecule is C/C=C(\NCC)C(C)(C)C. The van der Waals surface area contributed by atoms with Crippen LogP contribution in [0.1, 0.15) is 34.6 Å². The first kappa shape index (κ1) is 9.54. The lowest BCUT2D eigenvalue weighted by molar-refractivity contribution is 0.463. The molecule has 0 saturated carbocycles. The molecular weight excluding hydrogens is 122 g/mol. The molecule has 0 amide bonds. The van der Waals surface area contributed by atoms with Gasteiger partial charge >= 0.3 is 0 Å². The van der Waals surface area contributed by atoms with Gasteiger partial charge in [0, 0.05) is 17.7 Å². The van der Waals surface area contributed by atoms with E-state index in [2.05, 4.69) is 46.0 Å². The van der Waals surface area contributed by atoms with Crippen LogP contribution in [0.15, 0.2) is 11.8 Å². The molecule has 0 unspecified atom stereocenters. The van der Waals surface area contributed by atoms with Gasteiger partial charge in [0.1, 0.15) is 0 Å². The summed E-state index contributed by atoms with van der Waals surface area (Å²) < 4.78 is 0. The summed E-state index contributed by atoms with van der Waals surface area (Å²) in [7, 11) is 0. The molecule has 0 rings (SSSR count). The molecular formula is C9H19N. The Bertz CT molecular complexity index is 117. The summed E-state index contributed by atoms with van der Waals surface area (Å²) in [5, 5.41) is 3.33. The molecule has 0 heterocycles. The van der Waals surface area contributed by atoms with Crippen LogP contribution in [0, 0.1) is 5.41 Å². The molecule has 1 heteroatoms.